The average molecular weight is 429 g/mol. The minimum absolute atomic E-state index is 0.0204. The Hall–Kier alpha value is -4.20. The zero-order chi connectivity index (χ0) is 22.8. The number of aromatic nitrogens is 3. The second-order valence-corrected chi connectivity index (χ2v) is 7.64. The number of nitrogens with one attached hydrogen (secondary N) is 1. The summed E-state index contributed by atoms with van der Waals surface area (Å²) in [4.78, 5) is 25.4. The van der Waals surface area contributed by atoms with Gasteiger partial charge in [-0.1, -0.05) is 35.9 Å². The summed E-state index contributed by atoms with van der Waals surface area (Å²) in [6, 6.07) is 16.1. The summed E-state index contributed by atoms with van der Waals surface area (Å²) in [5, 5.41) is 20.2. The fourth-order valence-corrected chi connectivity index (χ4v) is 3.60. The molecule has 0 aliphatic heterocycles. The first-order valence-corrected chi connectivity index (χ1v) is 10.1. The highest BCUT2D eigenvalue weighted by Crippen LogP contribution is 2.25. The summed E-state index contributed by atoms with van der Waals surface area (Å²) < 4.78 is 2.82. The third-order valence-corrected chi connectivity index (χ3v) is 5.18. The van der Waals surface area contributed by atoms with Crippen molar-refractivity contribution in [1.29, 1.82) is 0 Å². The third-order valence-electron chi connectivity index (χ3n) is 5.18. The largest absolute Gasteiger partial charge is 0.494 e. The zero-order valence-corrected chi connectivity index (χ0v) is 18.0. The Bertz CT molecular complexity index is 1400. The van der Waals surface area contributed by atoms with E-state index in [1.165, 1.54) is 10.8 Å². The number of aromatic hydroxyl groups is 1. The highest BCUT2D eigenvalue weighted by Gasteiger charge is 2.16. The van der Waals surface area contributed by atoms with Crippen LogP contribution in [0.5, 0.6) is 5.88 Å². The highest BCUT2D eigenvalue weighted by molar-refractivity contribution is 6.02. The Labute approximate surface area is 184 Å². The number of fused-ring (bicyclic) bond motifs is 1. The van der Waals surface area contributed by atoms with Crippen molar-refractivity contribution < 1.29 is 9.90 Å². The number of amides is 1. The van der Waals surface area contributed by atoms with Gasteiger partial charge in [-0.05, 0) is 45.0 Å². The van der Waals surface area contributed by atoms with E-state index in [-0.39, 0.29) is 23.9 Å². The number of carbonyl (C=O) groups is 1. The topological polar surface area (TPSA) is 102 Å². The van der Waals surface area contributed by atoms with Crippen molar-refractivity contribution in [1.82, 2.24) is 19.8 Å². The highest BCUT2D eigenvalue weighted by atomic mass is 16.3. The standard InChI is InChI=1S/C24H23N5O3/c1-15-8-10-18(11-9-15)29-23(31)20-7-5-4-6-19(20)21(24(29)32)13-25-26-22(30)14-28-17(3)12-16(2)27-28/h4-13,32H,14H2,1-3H3,(H,26,30). The molecule has 2 heterocycles. The molecule has 0 aliphatic rings. The van der Waals surface area contributed by atoms with Crippen molar-refractivity contribution in [2.24, 2.45) is 5.10 Å². The van der Waals surface area contributed by atoms with E-state index in [0.717, 1.165) is 17.0 Å². The molecule has 0 spiro atoms. The fourth-order valence-electron chi connectivity index (χ4n) is 3.60. The first-order chi connectivity index (χ1) is 15.3. The van der Waals surface area contributed by atoms with Crippen molar-refractivity contribution >= 4 is 22.9 Å². The quantitative estimate of drug-likeness (QED) is 0.376. The van der Waals surface area contributed by atoms with Crippen LogP contribution in [0.3, 0.4) is 0 Å². The lowest BCUT2D eigenvalue weighted by Crippen LogP contribution is -2.24. The van der Waals surface area contributed by atoms with Gasteiger partial charge in [-0.3, -0.25) is 14.3 Å². The molecule has 0 fully saturated rings. The van der Waals surface area contributed by atoms with Gasteiger partial charge in [0.25, 0.3) is 11.5 Å². The molecule has 1 amide bonds. The van der Waals surface area contributed by atoms with E-state index in [0.29, 0.717) is 22.0 Å². The van der Waals surface area contributed by atoms with Crippen LogP contribution in [0.15, 0.2) is 64.5 Å². The molecule has 0 radical (unpaired) electrons. The molecular formula is C24H23N5O3. The van der Waals surface area contributed by atoms with Gasteiger partial charge in [-0.2, -0.15) is 10.2 Å². The summed E-state index contributed by atoms with van der Waals surface area (Å²) in [6.07, 6.45) is 1.35. The molecule has 0 atom stereocenters. The minimum atomic E-state index is -0.358. The van der Waals surface area contributed by atoms with Crippen molar-refractivity contribution in [3.05, 3.63) is 87.5 Å². The average Bonchev–Trinajstić information content (AvgIpc) is 3.08. The van der Waals surface area contributed by atoms with Crippen molar-refractivity contribution in [2.45, 2.75) is 27.3 Å². The smallest absolute Gasteiger partial charge is 0.265 e. The molecule has 0 saturated heterocycles. The molecule has 4 rings (SSSR count). The number of pyridine rings is 1. The lowest BCUT2D eigenvalue weighted by molar-refractivity contribution is -0.121. The van der Waals surface area contributed by atoms with Crippen LogP contribution in [-0.4, -0.2) is 31.6 Å². The Balaban J connectivity index is 1.70. The van der Waals surface area contributed by atoms with E-state index in [9.17, 15) is 14.7 Å². The molecule has 4 aromatic rings. The Morgan fingerprint density at radius 2 is 1.78 bits per heavy atom. The van der Waals surface area contributed by atoms with Gasteiger partial charge in [0.15, 0.2) is 0 Å². The maximum Gasteiger partial charge on any atom is 0.265 e. The number of rotatable bonds is 5. The summed E-state index contributed by atoms with van der Waals surface area (Å²) >= 11 is 0. The molecule has 0 aliphatic carbocycles. The van der Waals surface area contributed by atoms with Gasteiger partial charge in [0.05, 0.1) is 23.2 Å². The van der Waals surface area contributed by atoms with Gasteiger partial charge in [0, 0.05) is 16.5 Å². The Kier molecular flexibility index (Phi) is 5.59. The van der Waals surface area contributed by atoms with Gasteiger partial charge >= 0.3 is 0 Å². The molecule has 0 unspecified atom stereocenters. The molecule has 32 heavy (non-hydrogen) atoms. The lowest BCUT2D eigenvalue weighted by atomic mass is 10.1. The lowest BCUT2D eigenvalue weighted by Gasteiger charge is -2.14. The first-order valence-electron chi connectivity index (χ1n) is 10.1. The summed E-state index contributed by atoms with van der Waals surface area (Å²) in [7, 11) is 0. The molecule has 8 heteroatoms. The summed E-state index contributed by atoms with van der Waals surface area (Å²) in [5.74, 6) is -0.614. The minimum Gasteiger partial charge on any atom is -0.494 e. The number of hydrazone groups is 1. The first kappa shape index (κ1) is 21.0. The van der Waals surface area contributed by atoms with Gasteiger partial charge in [-0.25, -0.2) is 9.99 Å². The Morgan fingerprint density at radius 1 is 1.09 bits per heavy atom. The molecule has 2 aromatic carbocycles. The molecule has 8 nitrogen and oxygen atoms in total. The number of hydrogen-bond donors (Lipinski definition) is 2. The van der Waals surface area contributed by atoms with Gasteiger partial charge in [0.1, 0.15) is 6.54 Å². The molecule has 162 valence electrons. The predicted octanol–water partition coefficient (Wildman–Crippen LogP) is 2.97. The number of benzene rings is 2. The van der Waals surface area contributed by atoms with Crippen molar-refractivity contribution in [3.8, 4) is 11.6 Å². The van der Waals surface area contributed by atoms with Crippen LogP contribution in [-0.2, 0) is 11.3 Å². The molecular weight excluding hydrogens is 406 g/mol. The van der Waals surface area contributed by atoms with Crippen molar-refractivity contribution in [2.75, 3.05) is 0 Å². The summed E-state index contributed by atoms with van der Waals surface area (Å²) in [6.45, 7) is 5.69. The number of carbonyl (C=O) groups excluding carboxylic acids is 1. The summed E-state index contributed by atoms with van der Waals surface area (Å²) in [5.41, 5.74) is 5.72. The fraction of sp³-hybridized carbons (Fsp3) is 0.167. The van der Waals surface area contributed by atoms with E-state index in [4.69, 9.17) is 0 Å². The maximum absolute atomic E-state index is 13.1. The van der Waals surface area contributed by atoms with Crippen LogP contribution < -0.4 is 11.0 Å². The van der Waals surface area contributed by atoms with E-state index in [1.807, 2.05) is 39.0 Å². The second-order valence-electron chi connectivity index (χ2n) is 7.64. The van der Waals surface area contributed by atoms with Crippen LogP contribution in [0.25, 0.3) is 16.5 Å². The third kappa shape index (κ3) is 4.02. The van der Waals surface area contributed by atoms with E-state index >= 15 is 0 Å². The van der Waals surface area contributed by atoms with Gasteiger partial charge in [-0.15, -0.1) is 0 Å². The Morgan fingerprint density at radius 3 is 2.44 bits per heavy atom. The number of hydrogen-bond acceptors (Lipinski definition) is 5. The monoisotopic (exact) mass is 429 g/mol. The van der Waals surface area contributed by atoms with Crippen LogP contribution in [0.1, 0.15) is 22.5 Å². The van der Waals surface area contributed by atoms with Crippen LogP contribution in [0, 0.1) is 20.8 Å². The van der Waals surface area contributed by atoms with Crippen molar-refractivity contribution in [3.63, 3.8) is 0 Å². The van der Waals surface area contributed by atoms with Crippen LogP contribution in [0.2, 0.25) is 0 Å². The SMILES string of the molecule is Cc1ccc(-n2c(O)c(C=NNC(=O)Cn3nc(C)cc3C)c3ccccc3c2=O)cc1. The van der Waals surface area contributed by atoms with Gasteiger partial charge in [0.2, 0.25) is 5.88 Å². The van der Waals surface area contributed by atoms with Crippen LogP contribution in [0.4, 0.5) is 0 Å². The van der Waals surface area contributed by atoms with E-state index in [1.54, 1.807) is 41.1 Å². The number of nitrogens with zero attached hydrogens (tertiary/aromatic N) is 4. The van der Waals surface area contributed by atoms with E-state index in [2.05, 4.69) is 15.6 Å². The molecule has 0 saturated carbocycles. The predicted molar refractivity (Wildman–Crippen MR) is 123 cm³/mol. The normalized spacial score (nSPS) is 11.3. The maximum atomic E-state index is 13.1. The van der Waals surface area contributed by atoms with Crippen LogP contribution >= 0.6 is 0 Å². The second kappa shape index (κ2) is 8.50. The van der Waals surface area contributed by atoms with Gasteiger partial charge < -0.3 is 5.11 Å². The van der Waals surface area contributed by atoms with E-state index < -0.39 is 0 Å². The molecule has 2 N–H and O–H groups in total. The molecule has 0 bridgehead atoms. The zero-order valence-electron chi connectivity index (χ0n) is 18.0. The number of aryl methyl sites for hydroxylation is 3. The molecule has 2 aromatic heterocycles.